The topological polar surface area (TPSA) is 30.2 Å². The molecular formula is C18H14O2. The van der Waals surface area contributed by atoms with Gasteiger partial charge in [-0.25, -0.2) is 0 Å². The average molecular weight is 262 g/mol. The van der Waals surface area contributed by atoms with E-state index in [1.807, 2.05) is 36.4 Å². The van der Waals surface area contributed by atoms with Crippen LogP contribution in [0.3, 0.4) is 0 Å². The Morgan fingerprint density at radius 2 is 1.60 bits per heavy atom. The summed E-state index contributed by atoms with van der Waals surface area (Å²) in [5, 5.41) is 0. The van der Waals surface area contributed by atoms with Gasteiger partial charge in [0.25, 0.3) is 0 Å². The molecule has 0 aliphatic carbocycles. The van der Waals surface area contributed by atoms with Gasteiger partial charge in [0.05, 0.1) is 0 Å². The molecule has 0 amide bonds. The number of carbonyl (C=O) groups excluding carboxylic acids is 1. The molecule has 3 aromatic rings. The van der Waals surface area contributed by atoms with E-state index in [1.165, 1.54) is 11.1 Å². The summed E-state index contributed by atoms with van der Waals surface area (Å²) in [6.45, 7) is 2.07. The van der Waals surface area contributed by atoms with Crippen LogP contribution < -0.4 is 0 Å². The van der Waals surface area contributed by atoms with E-state index in [4.69, 9.17) is 4.42 Å². The number of rotatable bonds is 3. The Morgan fingerprint density at radius 1 is 0.850 bits per heavy atom. The maximum Gasteiger partial charge on any atom is 0.185 e. The van der Waals surface area contributed by atoms with Crippen LogP contribution in [-0.4, -0.2) is 6.29 Å². The maximum absolute atomic E-state index is 10.7. The molecule has 0 bridgehead atoms. The Morgan fingerprint density at radius 3 is 2.30 bits per heavy atom. The van der Waals surface area contributed by atoms with Crippen LogP contribution in [0.1, 0.15) is 16.1 Å². The van der Waals surface area contributed by atoms with Crippen molar-refractivity contribution in [3.05, 3.63) is 72.0 Å². The fourth-order valence-corrected chi connectivity index (χ4v) is 2.39. The van der Waals surface area contributed by atoms with E-state index in [1.54, 1.807) is 6.07 Å². The van der Waals surface area contributed by atoms with Crippen LogP contribution in [0.5, 0.6) is 0 Å². The molecule has 20 heavy (non-hydrogen) atoms. The van der Waals surface area contributed by atoms with E-state index in [2.05, 4.69) is 25.1 Å². The first-order valence-electron chi connectivity index (χ1n) is 6.50. The predicted octanol–water partition coefficient (Wildman–Crippen LogP) is 4.73. The van der Waals surface area contributed by atoms with Gasteiger partial charge in [-0.15, -0.1) is 0 Å². The number of hydrogen-bond donors (Lipinski definition) is 0. The third kappa shape index (κ3) is 2.16. The second-order valence-electron chi connectivity index (χ2n) is 4.66. The first-order valence-corrected chi connectivity index (χ1v) is 6.50. The molecule has 0 unspecified atom stereocenters. The fraction of sp³-hybridized carbons (Fsp3) is 0.0556. The first kappa shape index (κ1) is 12.4. The molecule has 3 rings (SSSR count). The van der Waals surface area contributed by atoms with Crippen LogP contribution in [0.4, 0.5) is 0 Å². The molecular weight excluding hydrogens is 248 g/mol. The van der Waals surface area contributed by atoms with Gasteiger partial charge >= 0.3 is 0 Å². The van der Waals surface area contributed by atoms with Crippen molar-refractivity contribution in [2.75, 3.05) is 0 Å². The Balaban J connectivity index is 2.12. The van der Waals surface area contributed by atoms with Crippen LogP contribution in [0, 0.1) is 6.92 Å². The predicted molar refractivity (Wildman–Crippen MR) is 79.7 cm³/mol. The van der Waals surface area contributed by atoms with Crippen LogP contribution in [0.25, 0.3) is 22.5 Å². The normalized spacial score (nSPS) is 10.4. The minimum atomic E-state index is 0.351. The molecule has 0 fully saturated rings. The highest BCUT2D eigenvalue weighted by molar-refractivity contribution is 5.78. The monoisotopic (exact) mass is 262 g/mol. The van der Waals surface area contributed by atoms with Gasteiger partial charge in [-0.05, 0) is 35.7 Å². The summed E-state index contributed by atoms with van der Waals surface area (Å²) in [6, 6.07) is 19.9. The van der Waals surface area contributed by atoms with Gasteiger partial charge in [-0.1, -0.05) is 48.5 Å². The zero-order chi connectivity index (χ0) is 13.9. The summed E-state index contributed by atoms with van der Waals surface area (Å²) in [5.41, 5.74) is 4.51. The highest BCUT2D eigenvalue weighted by Gasteiger charge is 2.10. The standard InChI is InChI=1S/C18H14O2/c1-13-16(14-6-3-2-4-7-14)8-5-9-17(13)18-11-10-15(12-19)20-18/h2-12H,1H3. The molecule has 1 aromatic heterocycles. The van der Waals surface area contributed by atoms with Crippen molar-refractivity contribution in [1.82, 2.24) is 0 Å². The van der Waals surface area contributed by atoms with Gasteiger partial charge in [0.15, 0.2) is 12.0 Å². The molecule has 98 valence electrons. The third-order valence-corrected chi connectivity index (χ3v) is 3.43. The summed E-state index contributed by atoms with van der Waals surface area (Å²) in [6.07, 6.45) is 0.722. The number of aldehydes is 1. The van der Waals surface area contributed by atoms with E-state index >= 15 is 0 Å². The molecule has 2 heteroatoms. The molecule has 0 aliphatic rings. The second-order valence-corrected chi connectivity index (χ2v) is 4.66. The summed E-state index contributed by atoms with van der Waals surface area (Å²) in [4.78, 5) is 10.7. The summed E-state index contributed by atoms with van der Waals surface area (Å²) < 4.78 is 5.52. The number of benzene rings is 2. The van der Waals surface area contributed by atoms with Crippen LogP contribution in [0.2, 0.25) is 0 Å². The highest BCUT2D eigenvalue weighted by Crippen LogP contribution is 2.32. The van der Waals surface area contributed by atoms with Crippen molar-refractivity contribution in [3.63, 3.8) is 0 Å². The average Bonchev–Trinajstić information content (AvgIpc) is 2.97. The number of furan rings is 1. The zero-order valence-electron chi connectivity index (χ0n) is 11.2. The Hall–Kier alpha value is -2.61. The van der Waals surface area contributed by atoms with E-state index in [-0.39, 0.29) is 0 Å². The molecule has 2 aromatic carbocycles. The van der Waals surface area contributed by atoms with Gasteiger partial charge in [-0.3, -0.25) is 4.79 Å². The smallest absolute Gasteiger partial charge is 0.185 e. The van der Waals surface area contributed by atoms with Gasteiger partial charge in [0.2, 0.25) is 0 Å². The molecule has 0 saturated heterocycles. The van der Waals surface area contributed by atoms with Crippen LogP contribution in [0.15, 0.2) is 65.1 Å². The Bertz CT molecular complexity index is 739. The molecule has 0 atom stereocenters. The van der Waals surface area contributed by atoms with Crippen LogP contribution in [-0.2, 0) is 0 Å². The SMILES string of the molecule is Cc1c(-c2ccccc2)cccc1-c1ccc(C=O)o1. The van der Waals surface area contributed by atoms with Crippen molar-refractivity contribution >= 4 is 6.29 Å². The van der Waals surface area contributed by atoms with Crippen molar-refractivity contribution in [2.24, 2.45) is 0 Å². The van der Waals surface area contributed by atoms with Crippen LogP contribution >= 0.6 is 0 Å². The zero-order valence-corrected chi connectivity index (χ0v) is 11.2. The van der Waals surface area contributed by atoms with E-state index in [9.17, 15) is 4.79 Å². The first-order chi connectivity index (χ1) is 9.79. The van der Waals surface area contributed by atoms with Crippen molar-refractivity contribution < 1.29 is 9.21 Å². The van der Waals surface area contributed by atoms with E-state index < -0.39 is 0 Å². The van der Waals surface area contributed by atoms with E-state index in [0.717, 1.165) is 23.2 Å². The minimum absolute atomic E-state index is 0.351. The molecule has 1 heterocycles. The number of hydrogen-bond acceptors (Lipinski definition) is 2. The Labute approximate surface area is 117 Å². The maximum atomic E-state index is 10.7. The van der Waals surface area contributed by atoms with Gasteiger partial charge in [0.1, 0.15) is 5.76 Å². The van der Waals surface area contributed by atoms with Gasteiger partial charge in [0, 0.05) is 5.56 Å². The molecule has 0 aliphatic heterocycles. The van der Waals surface area contributed by atoms with Crippen molar-refractivity contribution in [2.45, 2.75) is 6.92 Å². The lowest BCUT2D eigenvalue weighted by molar-refractivity contribution is 0.110. The lowest BCUT2D eigenvalue weighted by Crippen LogP contribution is -1.87. The summed E-state index contributed by atoms with van der Waals surface area (Å²) >= 11 is 0. The lowest BCUT2D eigenvalue weighted by atomic mass is 9.95. The minimum Gasteiger partial charge on any atom is -0.453 e. The largest absolute Gasteiger partial charge is 0.453 e. The van der Waals surface area contributed by atoms with E-state index in [0.29, 0.717) is 5.76 Å². The lowest BCUT2D eigenvalue weighted by Gasteiger charge is -2.10. The molecule has 0 spiro atoms. The van der Waals surface area contributed by atoms with Crippen molar-refractivity contribution in [3.8, 4) is 22.5 Å². The molecule has 2 nitrogen and oxygen atoms in total. The fourth-order valence-electron chi connectivity index (χ4n) is 2.39. The van der Waals surface area contributed by atoms with Gasteiger partial charge in [-0.2, -0.15) is 0 Å². The molecule has 0 saturated carbocycles. The summed E-state index contributed by atoms with van der Waals surface area (Å²) in [5.74, 6) is 1.08. The quantitative estimate of drug-likeness (QED) is 0.638. The Kier molecular flexibility index (Phi) is 3.21. The van der Waals surface area contributed by atoms with Gasteiger partial charge < -0.3 is 4.42 Å². The second kappa shape index (κ2) is 5.17. The van der Waals surface area contributed by atoms with Crippen molar-refractivity contribution in [1.29, 1.82) is 0 Å². The summed E-state index contributed by atoms with van der Waals surface area (Å²) in [7, 11) is 0. The molecule has 0 radical (unpaired) electrons. The highest BCUT2D eigenvalue weighted by atomic mass is 16.3. The third-order valence-electron chi connectivity index (χ3n) is 3.43. The molecule has 0 N–H and O–H groups in total. The number of carbonyl (C=O) groups is 1.